The lowest BCUT2D eigenvalue weighted by Crippen LogP contribution is -2.48. The monoisotopic (exact) mass is 442 g/mol. The number of tetrazole rings is 1. The van der Waals surface area contributed by atoms with Crippen molar-refractivity contribution in [1.29, 1.82) is 0 Å². The lowest BCUT2D eigenvalue weighted by molar-refractivity contribution is 0.108. The van der Waals surface area contributed by atoms with Gasteiger partial charge in [0.1, 0.15) is 0 Å². The van der Waals surface area contributed by atoms with E-state index in [9.17, 15) is 0 Å². The van der Waals surface area contributed by atoms with E-state index in [-0.39, 0.29) is 25.2 Å². The van der Waals surface area contributed by atoms with Crippen LogP contribution in [0.25, 0.3) is 0 Å². The number of halogens is 1. The van der Waals surface area contributed by atoms with E-state index in [0.29, 0.717) is 6.54 Å². The molecule has 2 aliphatic rings. The van der Waals surface area contributed by atoms with Gasteiger partial charge < -0.3 is 14.4 Å². The van der Waals surface area contributed by atoms with E-state index in [1.807, 2.05) is 28.9 Å². The first-order valence-corrected chi connectivity index (χ1v) is 10.5. The molecule has 3 aromatic rings. The molecular weight excluding hydrogens is 416 g/mol. The molecule has 8 nitrogen and oxygen atoms in total. The van der Waals surface area contributed by atoms with E-state index < -0.39 is 0 Å². The highest BCUT2D eigenvalue weighted by Gasteiger charge is 2.30. The number of benzene rings is 2. The van der Waals surface area contributed by atoms with E-state index in [2.05, 4.69) is 56.5 Å². The van der Waals surface area contributed by atoms with Gasteiger partial charge in [-0.05, 0) is 40.2 Å². The van der Waals surface area contributed by atoms with Crippen LogP contribution in [0, 0.1) is 0 Å². The summed E-state index contributed by atoms with van der Waals surface area (Å²) in [6, 6.07) is 16.5. The molecule has 0 radical (unpaired) electrons. The molecule has 0 saturated carbocycles. The highest BCUT2D eigenvalue weighted by molar-refractivity contribution is 5.85. The van der Waals surface area contributed by atoms with Gasteiger partial charge in [-0.2, -0.15) is 0 Å². The quantitative estimate of drug-likeness (QED) is 0.581. The molecule has 164 valence electrons. The predicted molar refractivity (Wildman–Crippen MR) is 119 cm³/mol. The average Bonchev–Trinajstić information content (AvgIpc) is 3.45. The molecule has 1 unspecified atom stereocenters. The minimum absolute atomic E-state index is 0. The summed E-state index contributed by atoms with van der Waals surface area (Å²) in [4.78, 5) is 4.97. The fraction of sp³-hybridized carbons (Fsp3) is 0.409. The molecule has 5 rings (SSSR count). The Balaban J connectivity index is 0.00000231. The van der Waals surface area contributed by atoms with Crippen molar-refractivity contribution >= 4 is 12.4 Å². The molecule has 0 spiro atoms. The first-order chi connectivity index (χ1) is 14.8. The van der Waals surface area contributed by atoms with Crippen molar-refractivity contribution in [3.05, 3.63) is 65.5 Å². The Labute approximate surface area is 188 Å². The van der Waals surface area contributed by atoms with Crippen LogP contribution in [-0.4, -0.2) is 69.5 Å². The summed E-state index contributed by atoms with van der Waals surface area (Å²) in [6.45, 7) is 8.26. The summed E-state index contributed by atoms with van der Waals surface area (Å²) in [5, 5.41) is 12.8. The first kappa shape index (κ1) is 21.5. The molecular formula is C22H27ClN6O2. The van der Waals surface area contributed by atoms with E-state index >= 15 is 0 Å². The molecule has 3 heterocycles. The number of piperazine rings is 1. The maximum Gasteiger partial charge on any atom is 0.231 e. The van der Waals surface area contributed by atoms with E-state index in [0.717, 1.165) is 55.6 Å². The van der Waals surface area contributed by atoms with Gasteiger partial charge in [0.05, 0.1) is 12.6 Å². The Morgan fingerprint density at radius 1 is 0.968 bits per heavy atom. The van der Waals surface area contributed by atoms with Crippen LogP contribution < -0.4 is 9.47 Å². The number of rotatable bonds is 6. The van der Waals surface area contributed by atoms with Crippen molar-refractivity contribution < 1.29 is 9.47 Å². The summed E-state index contributed by atoms with van der Waals surface area (Å²) in [5.74, 6) is 2.42. The summed E-state index contributed by atoms with van der Waals surface area (Å²) in [7, 11) is 0. The summed E-state index contributed by atoms with van der Waals surface area (Å²) >= 11 is 0. The van der Waals surface area contributed by atoms with Gasteiger partial charge in [-0.15, -0.1) is 17.5 Å². The number of nitrogens with zero attached hydrogens (tertiary/aromatic N) is 6. The normalized spacial score (nSPS) is 17.3. The van der Waals surface area contributed by atoms with Gasteiger partial charge in [-0.25, -0.2) is 4.68 Å². The Hall–Kier alpha value is -2.68. The molecule has 0 N–H and O–H groups in total. The fourth-order valence-corrected chi connectivity index (χ4v) is 4.23. The molecule has 1 atom stereocenters. The summed E-state index contributed by atoms with van der Waals surface area (Å²) in [5.41, 5.74) is 2.29. The molecule has 0 bridgehead atoms. The first-order valence-electron chi connectivity index (χ1n) is 10.5. The second-order valence-electron chi connectivity index (χ2n) is 7.67. The van der Waals surface area contributed by atoms with Crippen molar-refractivity contribution in [3.63, 3.8) is 0 Å². The van der Waals surface area contributed by atoms with Gasteiger partial charge in [0.2, 0.25) is 6.79 Å². The average molecular weight is 443 g/mol. The number of fused-ring (bicyclic) bond motifs is 1. The lowest BCUT2D eigenvalue weighted by atomic mass is 10.0. The number of hydrogen-bond donors (Lipinski definition) is 0. The maximum absolute atomic E-state index is 5.53. The SMILES string of the molecule is CCN1CCN(C(c2ccccc2)c2nnnn2Cc2ccc3c(c2)OCO3)CC1.Cl. The molecule has 0 amide bonds. The van der Waals surface area contributed by atoms with E-state index in [1.54, 1.807) is 0 Å². The number of hydrogen-bond acceptors (Lipinski definition) is 7. The maximum atomic E-state index is 5.53. The van der Waals surface area contributed by atoms with E-state index in [1.165, 1.54) is 5.56 Å². The van der Waals surface area contributed by atoms with Crippen molar-refractivity contribution in [2.75, 3.05) is 39.5 Å². The second-order valence-corrected chi connectivity index (χ2v) is 7.67. The topological polar surface area (TPSA) is 68.5 Å². The molecule has 2 aromatic carbocycles. The minimum atomic E-state index is 0. The smallest absolute Gasteiger partial charge is 0.231 e. The molecule has 1 fully saturated rings. The van der Waals surface area contributed by atoms with Crippen LogP contribution >= 0.6 is 12.4 Å². The van der Waals surface area contributed by atoms with E-state index in [4.69, 9.17) is 9.47 Å². The molecule has 2 aliphatic heterocycles. The van der Waals surface area contributed by atoms with Gasteiger partial charge in [0.25, 0.3) is 0 Å². The van der Waals surface area contributed by atoms with Crippen LogP contribution in [0.4, 0.5) is 0 Å². The van der Waals surface area contributed by atoms with Crippen LogP contribution in [0.15, 0.2) is 48.5 Å². The Morgan fingerprint density at radius 3 is 2.52 bits per heavy atom. The molecule has 1 aromatic heterocycles. The third-order valence-electron chi connectivity index (χ3n) is 5.91. The third kappa shape index (κ3) is 4.51. The predicted octanol–water partition coefficient (Wildman–Crippen LogP) is 2.60. The van der Waals surface area contributed by atoms with Crippen molar-refractivity contribution in [1.82, 2.24) is 30.0 Å². The molecule has 9 heteroatoms. The molecule has 31 heavy (non-hydrogen) atoms. The molecule has 0 aliphatic carbocycles. The zero-order valence-corrected chi connectivity index (χ0v) is 18.4. The summed E-state index contributed by atoms with van der Waals surface area (Å²) in [6.07, 6.45) is 0. The highest BCUT2D eigenvalue weighted by atomic mass is 35.5. The van der Waals surface area contributed by atoms with Crippen LogP contribution in [0.2, 0.25) is 0 Å². The van der Waals surface area contributed by atoms with Crippen LogP contribution in [0.5, 0.6) is 11.5 Å². The Bertz CT molecular complexity index is 991. The van der Waals surface area contributed by atoms with Crippen molar-refractivity contribution in [2.24, 2.45) is 0 Å². The van der Waals surface area contributed by atoms with Gasteiger partial charge in [-0.1, -0.05) is 43.3 Å². The minimum Gasteiger partial charge on any atom is -0.454 e. The Morgan fingerprint density at radius 2 is 1.74 bits per heavy atom. The highest BCUT2D eigenvalue weighted by Crippen LogP contribution is 2.33. The molecule has 1 saturated heterocycles. The van der Waals surface area contributed by atoms with Crippen molar-refractivity contribution in [2.45, 2.75) is 19.5 Å². The van der Waals surface area contributed by atoms with Crippen LogP contribution in [-0.2, 0) is 6.54 Å². The Kier molecular flexibility index (Phi) is 6.70. The number of aromatic nitrogens is 4. The largest absolute Gasteiger partial charge is 0.454 e. The lowest BCUT2D eigenvalue weighted by Gasteiger charge is -2.38. The standard InChI is InChI=1S/C22H26N6O2.ClH/c1-2-26-10-12-27(13-11-26)21(18-6-4-3-5-7-18)22-23-24-25-28(22)15-17-8-9-19-20(14-17)30-16-29-19;/h3-9,14,21H,2,10-13,15-16H2,1H3;1H. The third-order valence-corrected chi connectivity index (χ3v) is 5.91. The number of likely N-dealkylation sites (N-methyl/N-ethyl adjacent to an activating group) is 1. The van der Waals surface area contributed by atoms with Crippen LogP contribution in [0.1, 0.15) is 29.9 Å². The van der Waals surface area contributed by atoms with Gasteiger partial charge in [0.15, 0.2) is 17.3 Å². The van der Waals surface area contributed by atoms with Crippen molar-refractivity contribution in [3.8, 4) is 11.5 Å². The number of ether oxygens (including phenoxy) is 2. The zero-order chi connectivity index (χ0) is 20.3. The van der Waals surface area contributed by atoms with Gasteiger partial charge >= 0.3 is 0 Å². The van der Waals surface area contributed by atoms with Gasteiger partial charge in [0, 0.05) is 26.2 Å². The fourth-order valence-electron chi connectivity index (χ4n) is 4.23. The summed E-state index contributed by atoms with van der Waals surface area (Å²) < 4.78 is 12.9. The second kappa shape index (κ2) is 9.64. The zero-order valence-electron chi connectivity index (χ0n) is 17.6. The van der Waals surface area contributed by atoms with Gasteiger partial charge in [-0.3, -0.25) is 4.90 Å². The van der Waals surface area contributed by atoms with Crippen LogP contribution in [0.3, 0.4) is 0 Å².